The molecule has 0 saturated carbocycles. The van der Waals surface area contributed by atoms with Gasteiger partial charge in [0.15, 0.2) is 0 Å². The Kier molecular flexibility index (Phi) is 3.69. The van der Waals surface area contributed by atoms with E-state index < -0.39 is 12.7 Å². The number of rotatable bonds is 4. The molecule has 0 saturated heterocycles. The van der Waals surface area contributed by atoms with E-state index in [9.17, 15) is 13.2 Å². The minimum atomic E-state index is -4.33. The van der Waals surface area contributed by atoms with Gasteiger partial charge in [0.1, 0.15) is 6.54 Å². The Hall–Kier alpha value is -1.80. The summed E-state index contributed by atoms with van der Waals surface area (Å²) in [4.78, 5) is 11.0. The van der Waals surface area contributed by atoms with Gasteiger partial charge >= 0.3 is 12.2 Å². The summed E-state index contributed by atoms with van der Waals surface area (Å²) in [6, 6.07) is -0.0657. The molecular weight excluding hydrogens is 227 g/mol. The van der Waals surface area contributed by atoms with Crippen molar-refractivity contribution in [3.8, 4) is 6.01 Å². The van der Waals surface area contributed by atoms with Gasteiger partial charge in [0.25, 0.3) is 0 Å². The van der Waals surface area contributed by atoms with Gasteiger partial charge in [0, 0.05) is 7.05 Å². The highest BCUT2D eigenvalue weighted by Crippen LogP contribution is 2.16. The second-order valence-corrected chi connectivity index (χ2v) is 2.69. The predicted octanol–water partition coefficient (Wildman–Crippen LogP) is 0.896. The van der Waals surface area contributed by atoms with Crippen LogP contribution in [0.2, 0.25) is 0 Å². The van der Waals surface area contributed by atoms with Crippen LogP contribution in [0.4, 0.5) is 25.1 Å². The van der Waals surface area contributed by atoms with Gasteiger partial charge in [0.05, 0.1) is 7.11 Å². The van der Waals surface area contributed by atoms with E-state index in [0.29, 0.717) is 0 Å². The molecule has 0 fully saturated rings. The molecule has 0 radical (unpaired) electrons. The van der Waals surface area contributed by atoms with E-state index in [1.165, 1.54) is 14.2 Å². The predicted molar refractivity (Wildman–Crippen MR) is 50.5 cm³/mol. The topological polar surface area (TPSA) is 72.0 Å². The fourth-order valence-corrected chi connectivity index (χ4v) is 0.818. The third-order valence-corrected chi connectivity index (χ3v) is 1.47. The molecular formula is C7H10F3N5O. The monoisotopic (exact) mass is 237 g/mol. The Morgan fingerprint density at radius 1 is 1.19 bits per heavy atom. The smallest absolute Gasteiger partial charge is 0.405 e. The molecule has 0 spiro atoms. The molecule has 0 unspecified atom stereocenters. The fraction of sp³-hybridized carbons (Fsp3) is 0.571. The second kappa shape index (κ2) is 4.81. The zero-order valence-corrected chi connectivity index (χ0v) is 8.59. The normalized spacial score (nSPS) is 11.1. The number of hydrogen-bond donors (Lipinski definition) is 2. The highest BCUT2D eigenvalue weighted by atomic mass is 19.4. The lowest BCUT2D eigenvalue weighted by atomic mass is 10.6. The Morgan fingerprint density at radius 2 is 1.81 bits per heavy atom. The number of halogens is 3. The van der Waals surface area contributed by atoms with E-state index in [2.05, 4.69) is 20.3 Å². The van der Waals surface area contributed by atoms with Gasteiger partial charge in [-0.3, -0.25) is 0 Å². The standard InChI is InChI=1S/C7H10F3N5O/c1-11-4-13-5(12-3-7(8,9)10)15-6(14-4)16-2/h3H2,1-2H3,(H2,11,12,13,14,15). The Bertz CT molecular complexity index is 334. The minimum Gasteiger partial charge on any atom is -0.467 e. The van der Waals surface area contributed by atoms with Gasteiger partial charge in [0.2, 0.25) is 11.9 Å². The third-order valence-electron chi connectivity index (χ3n) is 1.47. The molecule has 2 N–H and O–H groups in total. The average molecular weight is 237 g/mol. The summed E-state index contributed by atoms with van der Waals surface area (Å²) in [7, 11) is 2.84. The lowest BCUT2D eigenvalue weighted by Crippen LogP contribution is -2.22. The quantitative estimate of drug-likeness (QED) is 0.810. The molecule has 0 amide bonds. The van der Waals surface area contributed by atoms with Crippen LogP contribution in [0.15, 0.2) is 0 Å². The van der Waals surface area contributed by atoms with E-state index in [0.717, 1.165) is 0 Å². The van der Waals surface area contributed by atoms with Gasteiger partial charge in [-0.2, -0.15) is 28.1 Å². The number of nitrogens with one attached hydrogen (secondary N) is 2. The molecule has 0 aliphatic carbocycles. The van der Waals surface area contributed by atoms with Crippen molar-refractivity contribution in [1.82, 2.24) is 15.0 Å². The number of alkyl halides is 3. The molecule has 1 aromatic rings. The van der Waals surface area contributed by atoms with Crippen LogP contribution in [-0.2, 0) is 0 Å². The van der Waals surface area contributed by atoms with Crippen molar-refractivity contribution in [1.29, 1.82) is 0 Å². The van der Waals surface area contributed by atoms with Gasteiger partial charge < -0.3 is 15.4 Å². The van der Waals surface area contributed by atoms with E-state index in [-0.39, 0.29) is 17.9 Å². The van der Waals surface area contributed by atoms with Crippen molar-refractivity contribution in [2.24, 2.45) is 0 Å². The van der Waals surface area contributed by atoms with Crippen LogP contribution >= 0.6 is 0 Å². The van der Waals surface area contributed by atoms with E-state index in [1.807, 2.05) is 5.32 Å². The maximum absolute atomic E-state index is 11.9. The summed E-state index contributed by atoms with van der Waals surface area (Å²) in [6.45, 7) is -1.22. The zero-order valence-electron chi connectivity index (χ0n) is 8.59. The molecule has 0 bridgehead atoms. The summed E-state index contributed by atoms with van der Waals surface area (Å²) in [6.07, 6.45) is -4.33. The van der Waals surface area contributed by atoms with Crippen molar-refractivity contribution in [2.75, 3.05) is 31.3 Å². The third kappa shape index (κ3) is 3.75. The van der Waals surface area contributed by atoms with Crippen LogP contribution in [0.25, 0.3) is 0 Å². The first-order chi connectivity index (χ1) is 7.44. The van der Waals surface area contributed by atoms with E-state index in [4.69, 9.17) is 4.74 Å². The Labute approximate surface area is 89.3 Å². The molecule has 9 heteroatoms. The first kappa shape index (κ1) is 12.3. The number of anilines is 2. The van der Waals surface area contributed by atoms with Crippen LogP contribution < -0.4 is 15.4 Å². The number of ether oxygens (including phenoxy) is 1. The second-order valence-electron chi connectivity index (χ2n) is 2.69. The van der Waals surface area contributed by atoms with Crippen molar-refractivity contribution in [2.45, 2.75) is 6.18 Å². The lowest BCUT2D eigenvalue weighted by molar-refractivity contribution is -0.115. The molecule has 90 valence electrons. The van der Waals surface area contributed by atoms with Crippen molar-refractivity contribution >= 4 is 11.9 Å². The molecule has 0 aromatic carbocycles. The maximum Gasteiger partial charge on any atom is 0.405 e. The first-order valence-corrected chi connectivity index (χ1v) is 4.23. The summed E-state index contributed by atoms with van der Waals surface area (Å²) < 4.78 is 40.5. The van der Waals surface area contributed by atoms with Gasteiger partial charge in [-0.25, -0.2) is 0 Å². The molecule has 0 atom stereocenters. The lowest BCUT2D eigenvalue weighted by Gasteiger charge is -2.09. The van der Waals surface area contributed by atoms with Crippen LogP contribution in [-0.4, -0.2) is 41.8 Å². The van der Waals surface area contributed by atoms with Crippen molar-refractivity contribution in [3.05, 3.63) is 0 Å². The molecule has 0 aliphatic rings. The summed E-state index contributed by atoms with van der Waals surface area (Å²) in [5.74, 6) is -0.0787. The van der Waals surface area contributed by atoms with Crippen molar-refractivity contribution < 1.29 is 17.9 Å². The highest BCUT2D eigenvalue weighted by molar-refractivity contribution is 5.35. The van der Waals surface area contributed by atoms with E-state index >= 15 is 0 Å². The molecule has 1 heterocycles. The summed E-state index contributed by atoms with van der Waals surface area (Å²) >= 11 is 0. The number of aromatic nitrogens is 3. The van der Waals surface area contributed by atoms with Gasteiger partial charge in [-0.05, 0) is 0 Å². The number of nitrogens with zero attached hydrogens (tertiary/aromatic N) is 3. The maximum atomic E-state index is 11.9. The molecule has 6 nitrogen and oxygen atoms in total. The Balaban J connectivity index is 2.79. The number of hydrogen-bond acceptors (Lipinski definition) is 6. The van der Waals surface area contributed by atoms with E-state index in [1.54, 1.807) is 0 Å². The number of methoxy groups -OCH3 is 1. The summed E-state index contributed by atoms with van der Waals surface area (Å²) in [5, 5.41) is 4.60. The van der Waals surface area contributed by atoms with Crippen LogP contribution in [0.1, 0.15) is 0 Å². The largest absolute Gasteiger partial charge is 0.467 e. The molecule has 16 heavy (non-hydrogen) atoms. The Morgan fingerprint density at radius 3 is 2.31 bits per heavy atom. The highest BCUT2D eigenvalue weighted by Gasteiger charge is 2.27. The minimum absolute atomic E-state index is 0.0657. The van der Waals surface area contributed by atoms with Crippen molar-refractivity contribution in [3.63, 3.8) is 0 Å². The molecule has 1 rings (SSSR count). The molecule has 1 aromatic heterocycles. The van der Waals surface area contributed by atoms with Gasteiger partial charge in [-0.15, -0.1) is 0 Å². The SMILES string of the molecule is CNc1nc(NCC(F)(F)F)nc(OC)n1. The zero-order chi connectivity index (χ0) is 12.2. The average Bonchev–Trinajstić information content (AvgIpc) is 2.25. The van der Waals surface area contributed by atoms with Crippen LogP contribution in [0, 0.1) is 0 Å². The summed E-state index contributed by atoms with van der Waals surface area (Å²) in [5.41, 5.74) is 0. The van der Waals surface area contributed by atoms with Crippen LogP contribution in [0.5, 0.6) is 6.01 Å². The first-order valence-electron chi connectivity index (χ1n) is 4.23. The van der Waals surface area contributed by atoms with Crippen LogP contribution in [0.3, 0.4) is 0 Å². The molecule has 0 aliphatic heterocycles. The fourth-order valence-electron chi connectivity index (χ4n) is 0.818. The van der Waals surface area contributed by atoms with Gasteiger partial charge in [-0.1, -0.05) is 0 Å².